The standard InChI is InChI=1S/C26H22N4O/c1-18(2)29-17-20(21-12-7-9-15-24(21)29)16-27-30-25(19-10-4-3-5-11-19)28-23-14-8-6-13-22(23)26(30)31/h3-18H,1-2H3. The van der Waals surface area contributed by atoms with Crippen molar-refractivity contribution in [2.75, 3.05) is 0 Å². The summed E-state index contributed by atoms with van der Waals surface area (Å²) in [5.74, 6) is 0.521. The molecule has 0 aliphatic rings. The van der Waals surface area contributed by atoms with Gasteiger partial charge in [0.25, 0.3) is 5.56 Å². The molecular formula is C26H22N4O. The Morgan fingerprint density at radius 3 is 2.32 bits per heavy atom. The summed E-state index contributed by atoms with van der Waals surface area (Å²) in [4.78, 5) is 18.1. The van der Waals surface area contributed by atoms with Crippen LogP contribution in [-0.4, -0.2) is 20.4 Å². The number of fused-ring (bicyclic) bond motifs is 2. The van der Waals surface area contributed by atoms with Crippen molar-refractivity contribution in [1.29, 1.82) is 0 Å². The molecule has 0 spiro atoms. The Hall–Kier alpha value is -3.99. The maximum atomic E-state index is 13.3. The van der Waals surface area contributed by atoms with Gasteiger partial charge in [-0.3, -0.25) is 4.79 Å². The van der Waals surface area contributed by atoms with Gasteiger partial charge in [-0.1, -0.05) is 60.7 Å². The Bertz CT molecular complexity index is 1480. The van der Waals surface area contributed by atoms with E-state index in [9.17, 15) is 4.79 Å². The lowest BCUT2D eigenvalue weighted by Crippen LogP contribution is -2.20. The number of hydrogen-bond donors (Lipinski definition) is 0. The topological polar surface area (TPSA) is 52.2 Å². The molecule has 5 heteroatoms. The van der Waals surface area contributed by atoms with Gasteiger partial charge in [0.05, 0.1) is 17.1 Å². The van der Waals surface area contributed by atoms with Crippen molar-refractivity contribution in [3.63, 3.8) is 0 Å². The molecule has 0 atom stereocenters. The van der Waals surface area contributed by atoms with Crippen LogP contribution in [0, 0.1) is 0 Å². The predicted molar refractivity (Wildman–Crippen MR) is 127 cm³/mol. The quantitative estimate of drug-likeness (QED) is 0.371. The summed E-state index contributed by atoms with van der Waals surface area (Å²) in [6, 6.07) is 25.6. The molecule has 5 aromatic rings. The van der Waals surface area contributed by atoms with Crippen LogP contribution >= 0.6 is 0 Å². The summed E-state index contributed by atoms with van der Waals surface area (Å²) in [7, 11) is 0. The van der Waals surface area contributed by atoms with E-state index in [4.69, 9.17) is 4.98 Å². The van der Waals surface area contributed by atoms with Crippen molar-refractivity contribution in [2.45, 2.75) is 19.9 Å². The van der Waals surface area contributed by atoms with Gasteiger partial charge >= 0.3 is 0 Å². The summed E-state index contributed by atoms with van der Waals surface area (Å²) in [5, 5.41) is 6.27. The molecule has 0 saturated carbocycles. The molecule has 152 valence electrons. The molecule has 5 nitrogen and oxygen atoms in total. The summed E-state index contributed by atoms with van der Waals surface area (Å²) < 4.78 is 3.62. The number of hydrogen-bond acceptors (Lipinski definition) is 3. The lowest BCUT2D eigenvalue weighted by Gasteiger charge is -2.09. The normalized spacial score (nSPS) is 11.8. The van der Waals surface area contributed by atoms with Gasteiger partial charge in [0.1, 0.15) is 0 Å². The lowest BCUT2D eigenvalue weighted by molar-refractivity contribution is 0.622. The van der Waals surface area contributed by atoms with Gasteiger partial charge in [-0.2, -0.15) is 9.78 Å². The van der Waals surface area contributed by atoms with Crippen LogP contribution in [-0.2, 0) is 0 Å². The molecular weight excluding hydrogens is 384 g/mol. The highest BCUT2D eigenvalue weighted by Crippen LogP contribution is 2.24. The van der Waals surface area contributed by atoms with Gasteiger partial charge in [0, 0.05) is 34.3 Å². The summed E-state index contributed by atoms with van der Waals surface area (Å²) in [6.45, 7) is 4.30. The van der Waals surface area contributed by atoms with Crippen LogP contribution in [0.3, 0.4) is 0 Å². The highest BCUT2D eigenvalue weighted by Gasteiger charge is 2.13. The zero-order valence-corrected chi connectivity index (χ0v) is 17.4. The van der Waals surface area contributed by atoms with Crippen molar-refractivity contribution in [3.05, 3.63) is 101 Å². The third-order valence-corrected chi connectivity index (χ3v) is 5.43. The fraction of sp³-hybridized carbons (Fsp3) is 0.115. The minimum atomic E-state index is -0.187. The number of nitrogens with zero attached hydrogens (tertiary/aromatic N) is 4. The van der Waals surface area contributed by atoms with Crippen LogP contribution in [0.2, 0.25) is 0 Å². The van der Waals surface area contributed by atoms with E-state index in [1.54, 1.807) is 12.3 Å². The first-order valence-corrected chi connectivity index (χ1v) is 10.3. The molecule has 0 aliphatic carbocycles. The largest absolute Gasteiger partial charge is 0.344 e. The molecule has 0 bridgehead atoms. The SMILES string of the molecule is CC(C)n1cc(C=Nn2c(-c3ccccc3)nc3ccccc3c2=O)c2ccccc21. The second-order valence-corrected chi connectivity index (χ2v) is 7.78. The van der Waals surface area contributed by atoms with E-state index in [1.807, 2.05) is 60.7 Å². The second-order valence-electron chi connectivity index (χ2n) is 7.78. The Labute approximate surface area is 179 Å². The van der Waals surface area contributed by atoms with E-state index < -0.39 is 0 Å². The van der Waals surface area contributed by atoms with Crippen molar-refractivity contribution < 1.29 is 0 Å². The van der Waals surface area contributed by atoms with E-state index in [1.165, 1.54) is 4.68 Å². The molecule has 2 aromatic heterocycles. The number of aromatic nitrogens is 3. The molecule has 0 aliphatic heterocycles. The summed E-state index contributed by atoms with van der Waals surface area (Å²) >= 11 is 0. The fourth-order valence-corrected chi connectivity index (χ4v) is 3.89. The van der Waals surface area contributed by atoms with E-state index >= 15 is 0 Å². The van der Waals surface area contributed by atoms with Crippen LogP contribution in [0.15, 0.2) is 95.0 Å². The molecule has 0 unspecified atom stereocenters. The molecule has 31 heavy (non-hydrogen) atoms. The first-order valence-electron chi connectivity index (χ1n) is 10.3. The highest BCUT2D eigenvalue weighted by atomic mass is 16.1. The zero-order valence-electron chi connectivity index (χ0n) is 17.4. The molecule has 0 fully saturated rings. The van der Waals surface area contributed by atoms with E-state index in [0.29, 0.717) is 22.8 Å². The number of para-hydroxylation sites is 2. The second kappa shape index (κ2) is 7.69. The monoisotopic (exact) mass is 406 g/mol. The van der Waals surface area contributed by atoms with Gasteiger partial charge in [0.2, 0.25) is 0 Å². The third-order valence-electron chi connectivity index (χ3n) is 5.43. The van der Waals surface area contributed by atoms with Gasteiger partial charge in [-0.25, -0.2) is 4.98 Å². The van der Waals surface area contributed by atoms with Gasteiger partial charge in [-0.05, 0) is 32.0 Å². The van der Waals surface area contributed by atoms with Crippen LogP contribution < -0.4 is 5.56 Å². The van der Waals surface area contributed by atoms with E-state index in [-0.39, 0.29) is 5.56 Å². The summed E-state index contributed by atoms with van der Waals surface area (Å²) in [5.41, 5.74) is 3.42. The maximum absolute atomic E-state index is 13.3. The number of benzene rings is 3. The van der Waals surface area contributed by atoms with Crippen LogP contribution in [0.4, 0.5) is 0 Å². The summed E-state index contributed by atoms with van der Waals surface area (Å²) in [6.07, 6.45) is 3.84. The van der Waals surface area contributed by atoms with Crippen LogP contribution in [0.1, 0.15) is 25.5 Å². The smallest absolute Gasteiger partial charge is 0.282 e. The molecule has 0 N–H and O–H groups in total. The fourth-order valence-electron chi connectivity index (χ4n) is 3.89. The maximum Gasteiger partial charge on any atom is 0.282 e. The minimum Gasteiger partial charge on any atom is -0.344 e. The molecule has 5 rings (SSSR count). The first kappa shape index (κ1) is 19.0. The average Bonchev–Trinajstić information content (AvgIpc) is 3.18. The van der Waals surface area contributed by atoms with Crippen molar-refractivity contribution >= 4 is 28.0 Å². The molecule has 2 heterocycles. The van der Waals surface area contributed by atoms with Crippen LogP contribution in [0.25, 0.3) is 33.2 Å². The predicted octanol–water partition coefficient (Wildman–Crippen LogP) is 5.48. The Balaban J connectivity index is 1.73. The average molecular weight is 406 g/mol. The minimum absolute atomic E-state index is 0.187. The van der Waals surface area contributed by atoms with Gasteiger partial charge < -0.3 is 4.57 Å². The Morgan fingerprint density at radius 2 is 1.55 bits per heavy atom. The van der Waals surface area contributed by atoms with Crippen molar-refractivity contribution in [3.8, 4) is 11.4 Å². The molecule has 3 aromatic carbocycles. The van der Waals surface area contributed by atoms with Gasteiger partial charge in [-0.15, -0.1) is 0 Å². The molecule has 0 amide bonds. The molecule has 0 radical (unpaired) electrons. The van der Waals surface area contributed by atoms with Crippen molar-refractivity contribution in [1.82, 2.24) is 14.2 Å². The Kier molecular flexibility index (Phi) is 4.71. The first-order chi connectivity index (χ1) is 15.1. The third kappa shape index (κ3) is 3.34. The van der Waals surface area contributed by atoms with Crippen molar-refractivity contribution in [2.24, 2.45) is 5.10 Å². The van der Waals surface area contributed by atoms with Gasteiger partial charge in [0.15, 0.2) is 5.82 Å². The van der Waals surface area contributed by atoms with E-state index in [2.05, 4.69) is 41.8 Å². The van der Waals surface area contributed by atoms with E-state index in [0.717, 1.165) is 22.0 Å². The van der Waals surface area contributed by atoms with Crippen LogP contribution in [0.5, 0.6) is 0 Å². The number of rotatable bonds is 4. The molecule has 0 saturated heterocycles. The Morgan fingerprint density at radius 1 is 0.871 bits per heavy atom. The lowest BCUT2D eigenvalue weighted by atomic mass is 10.2. The highest BCUT2D eigenvalue weighted by molar-refractivity contribution is 5.99. The zero-order chi connectivity index (χ0) is 21.4.